The predicted molar refractivity (Wildman–Crippen MR) is 96.5 cm³/mol. The van der Waals surface area contributed by atoms with Gasteiger partial charge in [0.2, 0.25) is 5.91 Å². The van der Waals surface area contributed by atoms with E-state index in [0.29, 0.717) is 22.9 Å². The lowest BCUT2D eigenvalue weighted by Crippen LogP contribution is -2.32. The molecule has 0 spiro atoms. The van der Waals surface area contributed by atoms with Crippen LogP contribution in [0.1, 0.15) is 48.6 Å². The van der Waals surface area contributed by atoms with Crippen molar-refractivity contribution in [1.29, 1.82) is 5.26 Å². The highest BCUT2D eigenvalue weighted by atomic mass is 16.2. The van der Waals surface area contributed by atoms with Crippen molar-refractivity contribution in [1.82, 2.24) is 9.78 Å². The van der Waals surface area contributed by atoms with Crippen LogP contribution in [0.4, 0.5) is 5.69 Å². The lowest BCUT2D eigenvalue weighted by Gasteiger charge is -2.11. The van der Waals surface area contributed by atoms with E-state index in [4.69, 9.17) is 5.26 Å². The van der Waals surface area contributed by atoms with Crippen molar-refractivity contribution in [3.8, 4) is 6.07 Å². The van der Waals surface area contributed by atoms with E-state index >= 15 is 0 Å². The van der Waals surface area contributed by atoms with Gasteiger partial charge in [0.05, 0.1) is 5.69 Å². The van der Waals surface area contributed by atoms with Crippen LogP contribution in [0.25, 0.3) is 0 Å². The molecule has 6 heteroatoms. The highest BCUT2D eigenvalue weighted by Gasteiger charge is 2.14. The average molecular weight is 338 g/mol. The number of hydrogen-bond acceptors (Lipinski definition) is 4. The van der Waals surface area contributed by atoms with E-state index in [2.05, 4.69) is 24.3 Å². The molecule has 2 rings (SSSR count). The molecule has 0 aliphatic carbocycles. The Labute approximate surface area is 147 Å². The molecule has 0 saturated carbocycles. The molecule has 25 heavy (non-hydrogen) atoms. The maximum atomic E-state index is 12.2. The number of amides is 1. The van der Waals surface area contributed by atoms with Crippen LogP contribution in [0, 0.1) is 25.2 Å². The highest BCUT2D eigenvalue weighted by Crippen LogP contribution is 2.20. The number of aromatic nitrogens is 2. The molecule has 1 N–H and O–H groups in total. The maximum absolute atomic E-state index is 12.2. The Hall–Kier alpha value is -2.94. The third-order valence-electron chi connectivity index (χ3n) is 4.42. The fraction of sp³-hybridized carbons (Fsp3) is 0.368. The van der Waals surface area contributed by atoms with Gasteiger partial charge in [0.15, 0.2) is 0 Å². The van der Waals surface area contributed by atoms with E-state index in [1.54, 1.807) is 13.8 Å². The zero-order valence-electron chi connectivity index (χ0n) is 15.0. The van der Waals surface area contributed by atoms with Crippen molar-refractivity contribution in [3.05, 3.63) is 57.0 Å². The van der Waals surface area contributed by atoms with Crippen LogP contribution in [0.2, 0.25) is 0 Å². The van der Waals surface area contributed by atoms with Crippen molar-refractivity contribution in [2.75, 3.05) is 5.32 Å². The molecule has 1 aromatic heterocycles. The Morgan fingerprint density at radius 3 is 2.52 bits per heavy atom. The fourth-order valence-electron chi connectivity index (χ4n) is 2.48. The minimum absolute atomic E-state index is 0.0261. The predicted octanol–water partition coefficient (Wildman–Crippen LogP) is 2.88. The standard InChI is InChI=1S/C19H22N4O2/c1-5-12(2)15-6-8-16(9-7-15)21-18(24)11-23-19(25)17(10-20)13(3)14(4)22-23/h6-9,12H,5,11H2,1-4H3,(H,21,24)/t12-/m1/s1. The van der Waals surface area contributed by atoms with Gasteiger partial charge in [-0.1, -0.05) is 26.0 Å². The summed E-state index contributed by atoms with van der Waals surface area (Å²) in [5, 5.41) is 16.0. The van der Waals surface area contributed by atoms with Gasteiger partial charge in [-0.05, 0) is 49.4 Å². The van der Waals surface area contributed by atoms with Crippen LogP contribution in [0.5, 0.6) is 0 Å². The number of carbonyl (C=O) groups is 1. The van der Waals surface area contributed by atoms with Gasteiger partial charge in [-0.15, -0.1) is 0 Å². The van der Waals surface area contributed by atoms with Crippen LogP contribution < -0.4 is 10.9 Å². The number of nitrogens with zero attached hydrogens (tertiary/aromatic N) is 3. The molecule has 6 nitrogen and oxygen atoms in total. The highest BCUT2D eigenvalue weighted by molar-refractivity contribution is 5.90. The van der Waals surface area contributed by atoms with Crippen molar-refractivity contribution in [3.63, 3.8) is 0 Å². The first kappa shape index (κ1) is 18.4. The summed E-state index contributed by atoms with van der Waals surface area (Å²) in [7, 11) is 0. The largest absolute Gasteiger partial charge is 0.324 e. The van der Waals surface area contributed by atoms with Gasteiger partial charge in [-0.3, -0.25) is 9.59 Å². The van der Waals surface area contributed by atoms with Crippen LogP contribution in [0.15, 0.2) is 29.1 Å². The number of benzene rings is 1. The Bertz CT molecular complexity index is 876. The molecule has 0 fully saturated rings. The summed E-state index contributed by atoms with van der Waals surface area (Å²) in [6, 6.07) is 9.54. The summed E-state index contributed by atoms with van der Waals surface area (Å²) < 4.78 is 1.03. The zero-order chi connectivity index (χ0) is 18.6. The van der Waals surface area contributed by atoms with Crippen molar-refractivity contribution < 1.29 is 4.79 Å². The number of nitrogens with one attached hydrogen (secondary N) is 1. The third-order valence-corrected chi connectivity index (χ3v) is 4.42. The molecule has 1 heterocycles. The van der Waals surface area contributed by atoms with E-state index < -0.39 is 5.56 Å². The Morgan fingerprint density at radius 2 is 1.96 bits per heavy atom. The number of rotatable bonds is 5. The molecule has 130 valence electrons. The number of hydrogen-bond donors (Lipinski definition) is 1. The molecule has 0 saturated heterocycles. The topological polar surface area (TPSA) is 87.8 Å². The number of anilines is 1. The molecule has 0 aliphatic heterocycles. The molecule has 1 amide bonds. The van der Waals surface area contributed by atoms with E-state index in [1.165, 1.54) is 5.56 Å². The lowest BCUT2D eigenvalue weighted by molar-refractivity contribution is -0.117. The first-order chi connectivity index (χ1) is 11.9. The first-order valence-electron chi connectivity index (χ1n) is 8.25. The second kappa shape index (κ2) is 7.75. The molecule has 1 aromatic carbocycles. The second-order valence-corrected chi connectivity index (χ2v) is 6.14. The number of aryl methyl sites for hydroxylation is 1. The summed E-state index contributed by atoms with van der Waals surface area (Å²) in [6.45, 7) is 7.42. The van der Waals surface area contributed by atoms with Crippen molar-refractivity contribution in [2.45, 2.75) is 46.6 Å². The van der Waals surface area contributed by atoms with Gasteiger partial charge >= 0.3 is 0 Å². The summed E-state index contributed by atoms with van der Waals surface area (Å²) in [6.07, 6.45) is 1.05. The minimum Gasteiger partial charge on any atom is -0.324 e. The smallest absolute Gasteiger partial charge is 0.285 e. The van der Waals surface area contributed by atoms with E-state index in [9.17, 15) is 9.59 Å². The minimum atomic E-state index is -0.548. The summed E-state index contributed by atoms with van der Waals surface area (Å²) in [5.74, 6) is 0.102. The molecule has 2 aromatic rings. The molecule has 0 unspecified atom stereocenters. The first-order valence-corrected chi connectivity index (χ1v) is 8.25. The van der Waals surface area contributed by atoms with Crippen LogP contribution in [0.3, 0.4) is 0 Å². The fourth-order valence-corrected chi connectivity index (χ4v) is 2.48. The molecular weight excluding hydrogens is 316 g/mol. The summed E-state index contributed by atoms with van der Waals surface area (Å²) >= 11 is 0. The van der Waals surface area contributed by atoms with E-state index in [1.807, 2.05) is 30.3 Å². The molecule has 0 radical (unpaired) electrons. The van der Waals surface area contributed by atoms with E-state index in [-0.39, 0.29) is 18.0 Å². The quantitative estimate of drug-likeness (QED) is 0.908. The van der Waals surface area contributed by atoms with Gasteiger partial charge in [0.25, 0.3) is 5.56 Å². The SMILES string of the molecule is CC[C@@H](C)c1ccc(NC(=O)Cn2nc(C)c(C)c(C#N)c2=O)cc1. The maximum Gasteiger partial charge on any atom is 0.285 e. The van der Waals surface area contributed by atoms with Gasteiger partial charge in [-0.25, -0.2) is 4.68 Å². The Morgan fingerprint density at radius 1 is 1.32 bits per heavy atom. The van der Waals surface area contributed by atoms with Crippen molar-refractivity contribution in [2.24, 2.45) is 0 Å². The molecule has 0 bridgehead atoms. The number of nitriles is 1. The van der Waals surface area contributed by atoms with Crippen LogP contribution >= 0.6 is 0 Å². The van der Waals surface area contributed by atoms with Crippen LogP contribution in [-0.4, -0.2) is 15.7 Å². The normalized spacial score (nSPS) is 11.6. The van der Waals surface area contributed by atoms with Gasteiger partial charge in [0.1, 0.15) is 18.2 Å². The van der Waals surface area contributed by atoms with E-state index in [0.717, 1.165) is 11.1 Å². The molecule has 1 atom stereocenters. The van der Waals surface area contributed by atoms with Crippen LogP contribution in [-0.2, 0) is 11.3 Å². The Balaban J connectivity index is 2.15. The summed E-state index contributed by atoms with van der Waals surface area (Å²) in [5.41, 5.74) is 2.46. The lowest BCUT2D eigenvalue weighted by atomic mass is 9.99. The zero-order valence-corrected chi connectivity index (χ0v) is 15.0. The van der Waals surface area contributed by atoms with Gasteiger partial charge in [0, 0.05) is 5.69 Å². The second-order valence-electron chi connectivity index (χ2n) is 6.14. The monoisotopic (exact) mass is 338 g/mol. The van der Waals surface area contributed by atoms with Gasteiger partial charge in [-0.2, -0.15) is 10.4 Å². The van der Waals surface area contributed by atoms with Crippen molar-refractivity contribution >= 4 is 11.6 Å². The molecular formula is C19H22N4O2. The van der Waals surface area contributed by atoms with Gasteiger partial charge < -0.3 is 5.32 Å². The Kier molecular flexibility index (Phi) is 5.71. The number of carbonyl (C=O) groups excluding carboxylic acids is 1. The third kappa shape index (κ3) is 4.13. The summed E-state index contributed by atoms with van der Waals surface area (Å²) in [4.78, 5) is 24.4. The average Bonchev–Trinajstić information content (AvgIpc) is 2.60. The molecule has 0 aliphatic rings.